The van der Waals surface area contributed by atoms with Gasteiger partial charge in [-0.15, -0.1) is 10.2 Å². The van der Waals surface area contributed by atoms with E-state index >= 15 is 0 Å². The summed E-state index contributed by atoms with van der Waals surface area (Å²) in [6.07, 6.45) is 2.08. The van der Waals surface area contributed by atoms with Gasteiger partial charge in [0, 0.05) is 6.04 Å². The van der Waals surface area contributed by atoms with E-state index in [1.807, 2.05) is 6.07 Å². The zero-order valence-electron chi connectivity index (χ0n) is 9.23. The van der Waals surface area contributed by atoms with Crippen molar-refractivity contribution in [3.05, 3.63) is 52.7 Å². The SMILES string of the molecule is Clc1ccc(NC2Cc3ccccc3C2)nn1. The lowest BCUT2D eigenvalue weighted by molar-refractivity contribution is 0.764. The van der Waals surface area contributed by atoms with Crippen molar-refractivity contribution in [2.75, 3.05) is 5.32 Å². The van der Waals surface area contributed by atoms with E-state index < -0.39 is 0 Å². The van der Waals surface area contributed by atoms with Crippen molar-refractivity contribution in [1.29, 1.82) is 0 Å². The molecule has 0 atom stereocenters. The quantitative estimate of drug-likeness (QED) is 0.884. The summed E-state index contributed by atoms with van der Waals surface area (Å²) in [5.74, 6) is 0.784. The summed E-state index contributed by atoms with van der Waals surface area (Å²) in [5, 5.41) is 11.6. The number of nitrogens with zero attached hydrogens (tertiary/aromatic N) is 2. The molecule has 0 fully saturated rings. The Hall–Kier alpha value is -1.61. The molecule has 1 N–H and O–H groups in total. The van der Waals surface area contributed by atoms with E-state index in [9.17, 15) is 0 Å². The Kier molecular flexibility index (Phi) is 2.69. The van der Waals surface area contributed by atoms with Crippen molar-refractivity contribution >= 4 is 17.4 Å². The van der Waals surface area contributed by atoms with E-state index in [0.717, 1.165) is 18.7 Å². The van der Waals surface area contributed by atoms with Gasteiger partial charge >= 0.3 is 0 Å². The van der Waals surface area contributed by atoms with Crippen molar-refractivity contribution in [3.8, 4) is 0 Å². The average Bonchev–Trinajstić information content (AvgIpc) is 2.74. The minimum absolute atomic E-state index is 0.405. The van der Waals surface area contributed by atoms with E-state index in [0.29, 0.717) is 11.2 Å². The number of hydrogen-bond donors (Lipinski definition) is 1. The molecule has 0 aliphatic heterocycles. The number of fused-ring (bicyclic) bond motifs is 1. The molecule has 1 aliphatic rings. The van der Waals surface area contributed by atoms with Crippen LogP contribution < -0.4 is 5.32 Å². The van der Waals surface area contributed by atoms with Crippen LogP contribution in [0.4, 0.5) is 5.82 Å². The molecule has 0 saturated heterocycles. The van der Waals surface area contributed by atoms with Gasteiger partial charge in [-0.3, -0.25) is 0 Å². The highest BCUT2D eigenvalue weighted by Gasteiger charge is 2.20. The maximum atomic E-state index is 5.70. The third kappa shape index (κ3) is 2.24. The Morgan fingerprint density at radius 1 is 1.00 bits per heavy atom. The van der Waals surface area contributed by atoms with Crippen LogP contribution in [0.1, 0.15) is 11.1 Å². The Morgan fingerprint density at radius 3 is 2.29 bits per heavy atom. The number of benzene rings is 1. The fourth-order valence-electron chi connectivity index (χ4n) is 2.26. The lowest BCUT2D eigenvalue weighted by atomic mass is 10.1. The highest BCUT2D eigenvalue weighted by Crippen LogP contribution is 2.23. The van der Waals surface area contributed by atoms with E-state index in [1.54, 1.807) is 6.07 Å². The fraction of sp³-hybridized carbons (Fsp3) is 0.231. The molecule has 0 bridgehead atoms. The van der Waals surface area contributed by atoms with E-state index in [2.05, 4.69) is 39.8 Å². The molecule has 1 heterocycles. The van der Waals surface area contributed by atoms with Gasteiger partial charge in [-0.1, -0.05) is 35.9 Å². The van der Waals surface area contributed by atoms with Crippen molar-refractivity contribution in [2.45, 2.75) is 18.9 Å². The zero-order valence-corrected chi connectivity index (χ0v) is 9.98. The van der Waals surface area contributed by atoms with Gasteiger partial charge in [0.15, 0.2) is 5.15 Å². The molecular formula is C13H12ClN3. The maximum Gasteiger partial charge on any atom is 0.151 e. The van der Waals surface area contributed by atoms with Gasteiger partial charge in [0.1, 0.15) is 5.82 Å². The second kappa shape index (κ2) is 4.34. The van der Waals surface area contributed by atoms with Crippen LogP contribution in [0.5, 0.6) is 0 Å². The minimum atomic E-state index is 0.405. The average molecular weight is 246 g/mol. The predicted octanol–water partition coefficient (Wildman–Crippen LogP) is 2.71. The molecule has 86 valence electrons. The number of nitrogens with one attached hydrogen (secondary N) is 1. The van der Waals surface area contributed by atoms with Gasteiger partial charge in [-0.25, -0.2) is 0 Å². The summed E-state index contributed by atoms with van der Waals surface area (Å²) in [5.41, 5.74) is 2.85. The Labute approximate surface area is 105 Å². The van der Waals surface area contributed by atoms with Crippen LogP contribution in [0.3, 0.4) is 0 Å². The summed E-state index contributed by atoms with van der Waals surface area (Å²) in [7, 11) is 0. The molecule has 0 spiro atoms. The second-order valence-corrected chi connectivity index (χ2v) is 4.65. The highest BCUT2D eigenvalue weighted by molar-refractivity contribution is 6.29. The second-order valence-electron chi connectivity index (χ2n) is 4.26. The monoisotopic (exact) mass is 245 g/mol. The number of aromatic nitrogens is 2. The van der Waals surface area contributed by atoms with Gasteiger partial charge in [0.25, 0.3) is 0 Å². The van der Waals surface area contributed by atoms with Crippen LogP contribution in [-0.2, 0) is 12.8 Å². The predicted molar refractivity (Wildman–Crippen MR) is 68.3 cm³/mol. The summed E-state index contributed by atoms with van der Waals surface area (Å²) in [4.78, 5) is 0. The number of hydrogen-bond acceptors (Lipinski definition) is 3. The normalized spacial score (nSPS) is 14.6. The molecule has 1 aromatic heterocycles. The number of anilines is 1. The molecule has 0 saturated carbocycles. The molecule has 4 heteroatoms. The van der Waals surface area contributed by atoms with Crippen LogP contribution in [0, 0.1) is 0 Å². The van der Waals surface area contributed by atoms with Gasteiger partial charge in [-0.2, -0.15) is 0 Å². The van der Waals surface area contributed by atoms with Crippen LogP contribution in [-0.4, -0.2) is 16.2 Å². The largest absolute Gasteiger partial charge is 0.365 e. The first kappa shape index (κ1) is 10.5. The summed E-state index contributed by atoms with van der Waals surface area (Å²) >= 11 is 5.70. The highest BCUT2D eigenvalue weighted by atomic mass is 35.5. The van der Waals surface area contributed by atoms with E-state index in [1.165, 1.54) is 11.1 Å². The summed E-state index contributed by atoms with van der Waals surface area (Å²) < 4.78 is 0. The van der Waals surface area contributed by atoms with E-state index in [-0.39, 0.29) is 0 Å². The van der Waals surface area contributed by atoms with Crippen molar-refractivity contribution in [1.82, 2.24) is 10.2 Å². The molecule has 0 radical (unpaired) electrons. The number of halogens is 1. The molecule has 1 aliphatic carbocycles. The van der Waals surface area contributed by atoms with Gasteiger partial charge < -0.3 is 5.32 Å². The third-order valence-electron chi connectivity index (χ3n) is 3.04. The van der Waals surface area contributed by atoms with Gasteiger partial charge in [0.2, 0.25) is 0 Å². The lowest BCUT2D eigenvalue weighted by Gasteiger charge is -2.11. The molecule has 0 amide bonds. The minimum Gasteiger partial charge on any atom is -0.365 e. The van der Waals surface area contributed by atoms with Gasteiger partial charge in [0.05, 0.1) is 0 Å². The standard InChI is InChI=1S/C13H12ClN3/c14-12-5-6-13(17-16-12)15-11-7-9-3-1-2-4-10(9)8-11/h1-6,11H,7-8H2,(H,15,17). The van der Waals surface area contributed by atoms with Crippen molar-refractivity contribution < 1.29 is 0 Å². The first-order chi connectivity index (χ1) is 8.31. The third-order valence-corrected chi connectivity index (χ3v) is 3.24. The van der Waals surface area contributed by atoms with Crippen LogP contribution in [0.15, 0.2) is 36.4 Å². The first-order valence-electron chi connectivity index (χ1n) is 5.64. The van der Waals surface area contributed by atoms with Crippen molar-refractivity contribution in [3.63, 3.8) is 0 Å². The van der Waals surface area contributed by atoms with Gasteiger partial charge in [-0.05, 0) is 36.1 Å². The first-order valence-corrected chi connectivity index (χ1v) is 6.01. The molecule has 0 unspecified atom stereocenters. The van der Waals surface area contributed by atoms with Crippen LogP contribution in [0.2, 0.25) is 5.15 Å². The number of rotatable bonds is 2. The summed E-state index contributed by atoms with van der Waals surface area (Å²) in [6.45, 7) is 0. The van der Waals surface area contributed by atoms with E-state index in [4.69, 9.17) is 11.6 Å². The molecule has 3 rings (SSSR count). The fourth-order valence-corrected chi connectivity index (χ4v) is 2.36. The van der Waals surface area contributed by atoms with Crippen molar-refractivity contribution in [2.24, 2.45) is 0 Å². The Morgan fingerprint density at radius 2 is 1.71 bits per heavy atom. The Balaban J connectivity index is 1.71. The maximum absolute atomic E-state index is 5.70. The zero-order chi connectivity index (χ0) is 11.7. The van der Waals surface area contributed by atoms with Crippen LogP contribution >= 0.6 is 11.6 Å². The molecular weight excluding hydrogens is 234 g/mol. The lowest BCUT2D eigenvalue weighted by Crippen LogP contribution is -2.20. The Bertz CT molecular complexity index is 499. The summed E-state index contributed by atoms with van der Waals surface area (Å²) in [6, 6.07) is 12.6. The smallest absolute Gasteiger partial charge is 0.151 e. The molecule has 1 aromatic carbocycles. The molecule has 2 aromatic rings. The topological polar surface area (TPSA) is 37.8 Å². The van der Waals surface area contributed by atoms with Crippen LogP contribution in [0.25, 0.3) is 0 Å². The molecule has 17 heavy (non-hydrogen) atoms. The molecule has 3 nitrogen and oxygen atoms in total.